The van der Waals surface area contributed by atoms with Crippen molar-refractivity contribution in [3.05, 3.63) is 46.8 Å². The second-order valence-corrected chi connectivity index (χ2v) is 9.69. The molecule has 2 aliphatic rings. The zero-order valence-corrected chi connectivity index (χ0v) is 16.5. The zero-order chi connectivity index (χ0) is 20.1. The number of hydrogen-bond donors (Lipinski definition) is 1. The monoisotopic (exact) mass is 419 g/mol. The van der Waals surface area contributed by atoms with E-state index in [-0.39, 0.29) is 27.8 Å². The Morgan fingerprint density at radius 1 is 1.18 bits per heavy atom. The minimum absolute atomic E-state index is 0.205. The van der Waals surface area contributed by atoms with Crippen molar-refractivity contribution < 1.29 is 22.8 Å². The second-order valence-electron chi connectivity index (χ2n) is 6.62. The Bertz CT molecular complexity index is 1080. The number of amides is 3. The fourth-order valence-electron chi connectivity index (χ4n) is 3.48. The maximum atomic E-state index is 12.8. The summed E-state index contributed by atoms with van der Waals surface area (Å²) in [5, 5.41) is 4.37. The molecule has 1 fully saturated rings. The van der Waals surface area contributed by atoms with Crippen LogP contribution in [0.3, 0.4) is 0 Å². The Labute approximate surface area is 165 Å². The van der Waals surface area contributed by atoms with Gasteiger partial charge >= 0.3 is 0 Å². The highest BCUT2D eigenvalue weighted by molar-refractivity contribution is 7.91. The van der Waals surface area contributed by atoms with Crippen LogP contribution in [-0.4, -0.2) is 55.0 Å². The molecule has 1 N–H and O–H groups in total. The van der Waals surface area contributed by atoms with Crippen molar-refractivity contribution in [3.8, 4) is 0 Å². The lowest BCUT2D eigenvalue weighted by Gasteiger charge is -2.22. The number of carbonyl (C=O) groups is 3. The molecule has 2 aliphatic heterocycles. The number of benzene rings is 1. The minimum atomic E-state index is -3.73. The van der Waals surface area contributed by atoms with Gasteiger partial charge in [0.25, 0.3) is 21.8 Å². The summed E-state index contributed by atoms with van der Waals surface area (Å²) in [6.45, 7) is 0.278. The van der Waals surface area contributed by atoms with Gasteiger partial charge < -0.3 is 5.32 Å². The van der Waals surface area contributed by atoms with Gasteiger partial charge in [-0.1, -0.05) is 6.07 Å². The van der Waals surface area contributed by atoms with Gasteiger partial charge in [0.05, 0.1) is 11.1 Å². The molecule has 3 amide bonds. The number of anilines is 1. The van der Waals surface area contributed by atoms with E-state index in [9.17, 15) is 22.8 Å². The first-order valence-electron chi connectivity index (χ1n) is 8.63. The van der Waals surface area contributed by atoms with Gasteiger partial charge in [0.2, 0.25) is 5.91 Å². The number of nitrogens with zero attached hydrogens (tertiary/aromatic N) is 2. The van der Waals surface area contributed by atoms with Crippen molar-refractivity contribution >= 4 is 44.8 Å². The summed E-state index contributed by atoms with van der Waals surface area (Å²) in [6.07, 6.45) is 1.01. The lowest BCUT2D eigenvalue weighted by molar-refractivity contribution is -0.119. The third-order valence-corrected chi connectivity index (χ3v) is 8.20. The van der Waals surface area contributed by atoms with Crippen molar-refractivity contribution in [2.75, 3.05) is 18.9 Å². The lowest BCUT2D eigenvalue weighted by Crippen LogP contribution is -2.42. The number of thiophene rings is 1. The Kier molecular flexibility index (Phi) is 4.56. The van der Waals surface area contributed by atoms with Crippen LogP contribution in [-0.2, 0) is 14.8 Å². The Morgan fingerprint density at radius 3 is 2.64 bits per heavy atom. The molecule has 0 aliphatic carbocycles. The molecular formula is C18H17N3O5S2. The van der Waals surface area contributed by atoms with Crippen LogP contribution in [0.15, 0.2) is 39.9 Å². The van der Waals surface area contributed by atoms with E-state index in [0.29, 0.717) is 18.5 Å². The first-order chi connectivity index (χ1) is 13.3. The van der Waals surface area contributed by atoms with E-state index in [4.69, 9.17) is 0 Å². The molecule has 0 unspecified atom stereocenters. The van der Waals surface area contributed by atoms with Gasteiger partial charge in [-0.3, -0.25) is 19.3 Å². The fraction of sp³-hybridized carbons (Fsp3) is 0.278. The minimum Gasteiger partial charge on any atom is -0.325 e. The summed E-state index contributed by atoms with van der Waals surface area (Å²) < 4.78 is 27.0. The molecule has 0 spiro atoms. The normalized spacial score (nSPS) is 19.9. The first kappa shape index (κ1) is 18.8. The summed E-state index contributed by atoms with van der Waals surface area (Å²) in [5.41, 5.74) is 0.855. The SMILES string of the molecule is CN1C(=O)c2ccc(NC(=O)[C@@H]3CCCN3S(=O)(=O)c3cccs3)cc2C1=O. The summed E-state index contributed by atoms with van der Waals surface area (Å²) in [7, 11) is -2.33. The number of nitrogens with one attached hydrogen (secondary N) is 1. The highest BCUT2D eigenvalue weighted by atomic mass is 32.2. The third kappa shape index (κ3) is 2.93. The van der Waals surface area contributed by atoms with E-state index >= 15 is 0 Å². The van der Waals surface area contributed by atoms with E-state index < -0.39 is 27.9 Å². The summed E-state index contributed by atoms with van der Waals surface area (Å²) in [6, 6.07) is 6.83. The molecule has 1 aromatic carbocycles. The van der Waals surface area contributed by atoms with Crippen LogP contribution in [0.4, 0.5) is 5.69 Å². The Morgan fingerprint density at radius 2 is 1.93 bits per heavy atom. The smallest absolute Gasteiger partial charge is 0.261 e. The molecule has 0 radical (unpaired) electrons. The molecule has 146 valence electrons. The average Bonchev–Trinajstić information content (AvgIpc) is 3.41. The number of hydrogen-bond acceptors (Lipinski definition) is 6. The van der Waals surface area contributed by atoms with E-state index in [2.05, 4.69) is 5.32 Å². The quantitative estimate of drug-likeness (QED) is 0.761. The van der Waals surface area contributed by atoms with Crippen LogP contribution in [0.1, 0.15) is 33.6 Å². The molecular weight excluding hydrogens is 402 g/mol. The Hall–Kier alpha value is -2.56. The van der Waals surface area contributed by atoms with Crippen LogP contribution in [0.25, 0.3) is 0 Å². The predicted molar refractivity (Wildman–Crippen MR) is 103 cm³/mol. The molecule has 10 heteroatoms. The van der Waals surface area contributed by atoms with Crippen molar-refractivity contribution in [2.45, 2.75) is 23.1 Å². The van der Waals surface area contributed by atoms with Gasteiger partial charge in [0, 0.05) is 19.3 Å². The van der Waals surface area contributed by atoms with E-state index in [1.165, 1.54) is 35.6 Å². The van der Waals surface area contributed by atoms with Gasteiger partial charge in [-0.25, -0.2) is 8.42 Å². The lowest BCUT2D eigenvalue weighted by atomic mass is 10.1. The van der Waals surface area contributed by atoms with Gasteiger partial charge in [-0.2, -0.15) is 4.31 Å². The first-order valence-corrected chi connectivity index (χ1v) is 11.0. The van der Waals surface area contributed by atoms with Crippen LogP contribution in [0, 0.1) is 0 Å². The largest absolute Gasteiger partial charge is 0.325 e. The third-order valence-electron chi connectivity index (χ3n) is 4.92. The molecule has 1 aromatic heterocycles. The average molecular weight is 419 g/mol. The summed E-state index contributed by atoms with van der Waals surface area (Å²) in [5.74, 6) is -1.27. The number of sulfonamides is 1. The molecule has 3 heterocycles. The fourth-order valence-corrected chi connectivity index (χ4v) is 6.26. The molecule has 28 heavy (non-hydrogen) atoms. The van der Waals surface area contributed by atoms with Crippen molar-refractivity contribution in [1.29, 1.82) is 0 Å². The van der Waals surface area contributed by atoms with Crippen LogP contribution in [0.2, 0.25) is 0 Å². The maximum absolute atomic E-state index is 12.8. The zero-order valence-electron chi connectivity index (χ0n) is 14.9. The van der Waals surface area contributed by atoms with Crippen molar-refractivity contribution in [1.82, 2.24) is 9.21 Å². The van der Waals surface area contributed by atoms with Gasteiger partial charge in [-0.15, -0.1) is 11.3 Å². The molecule has 1 atom stereocenters. The van der Waals surface area contributed by atoms with E-state index in [1.54, 1.807) is 11.4 Å². The number of imide groups is 1. The number of carbonyl (C=O) groups excluding carboxylic acids is 3. The van der Waals surface area contributed by atoms with Gasteiger partial charge in [-0.05, 0) is 42.5 Å². The van der Waals surface area contributed by atoms with Gasteiger partial charge in [0.15, 0.2) is 0 Å². The topological polar surface area (TPSA) is 104 Å². The van der Waals surface area contributed by atoms with Gasteiger partial charge in [0.1, 0.15) is 10.3 Å². The van der Waals surface area contributed by atoms with Crippen molar-refractivity contribution in [2.24, 2.45) is 0 Å². The molecule has 0 bridgehead atoms. The second kappa shape index (κ2) is 6.80. The highest BCUT2D eigenvalue weighted by Gasteiger charge is 2.40. The number of rotatable bonds is 4. The summed E-state index contributed by atoms with van der Waals surface area (Å²) >= 11 is 1.11. The van der Waals surface area contributed by atoms with Crippen molar-refractivity contribution in [3.63, 3.8) is 0 Å². The van der Waals surface area contributed by atoms with E-state index in [1.807, 2.05) is 0 Å². The Balaban J connectivity index is 1.56. The van der Waals surface area contributed by atoms with E-state index in [0.717, 1.165) is 16.2 Å². The summed E-state index contributed by atoms with van der Waals surface area (Å²) in [4.78, 5) is 37.9. The number of fused-ring (bicyclic) bond motifs is 1. The molecule has 8 nitrogen and oxygen atoms in total. The highest BCUT2D eigenvalue weighted by Crippen LogP contribution is 2.30. The maximum Gasteiger partial charge on any atom is 0.261 e. The van der Waals surface area contributed by atoms with Crippen LogP contribution in [0.5, 0.6) is 0 Å². The molecule has 2 aromatic rings. The molecule has 0 saturated carbocycles. The van der Waals surface area contributed by atoms with Crippen LogP contribution < -0.4 is 5.32 Å². The predicted octanol–water partition coefficient (Wildman–Crippen LogP) is 1.77. The standard InChI is InChI=1S/C18H17N3O5S2/c1-20-17(23)12-7-6-11(10-13(12)18(20)24)19-16(22)14-4-2-8-21(14)28(25,26)15-5-3-9-27-15/h3,5-7,9-10,14H,2,4,8H2,1H3,(H,19,22)/t14-/m0/s1. The molecule has 4 rings (SSSR count). The molecule has 1 saturated heterocycles. The van der Waals surface area contributed by atoms with Crippen LogP contribution >= 0.6 is 11.3 Å².